The largest absolute Gasteiger partial charge is 0.415 e. The molecule has 14 heteroatoms. The summed E-state index contributed by atoms with van der Waals surface area (Å²) in [6, 6.07) is 13.2. The molecule has 47 heavy (non-hydrogen) atoms. The van der Waals surface area contributed by atoms with Crippen molar-refractivity contribution in [3.05, 3.63) is 106 Å². The van der Waals surface area contributed by atoms with Gasteiger partial charge in [-0.3, -0.25) is 4.79 Å². The maximum absolute atomic E-state index is 14.9. The number of amides is 1. The van der Waals surface area contributed by atoms with Crippen molar-refractivity contribution < 1.29 is 27.1 Å². The van der Waals surface area contributed by atoms with Crippen LogP contribution in [-0.2, 0) is 14.9 Å². The quantitative estimate of drug-likeness (QED) is 0.182. The van der Waals surface area contributed by atoms with Crippen LogP contribution in [-0.4, -0.2) is 44.9 Å². The van der Waals surface area contributed by atoms with Gasteiger partial charge in [-0.1, -0.05) is 48.2 Å². The van der Waals surface area contributed by atoms with Crippen LogP contribution in [0.3, 0.4) is 0 Å². The summed E-state index contributed by atoms with van der Waals surface area (Å²) in [6.07, 6.45) is 0.507. The van der Waals surface area contributed by atoms with Gasteiger partial charge in [-0.2, -0.15) is 18.2 Å². The highest BCUT2D eigenvalue weighted by Crippen LogP contribution is 2.60. The summed E-state index contributed by atoms with van der Waals surface area (Å²) in [6.45, 7) is 0. The van der Waals surface area contributed by atoms with Gasteiger partial charge in [0.05, 0.1) is 22.5 Å². The zero-order chi connectivity index (χ0) is 32.3. The zero-order valence-electron chi connectivity index (χ0n) is 24.3. The Bertz CT molecular complexity index is 2040. The second-order valence-electron chi connectivity index (χ2n) is 11.5. The van der Waals surface area contributed by atoms with E-state index in [0.29, 0.717) is 39.0 Å². The van der Waals surface area contributed by atoms with Crippen LogP contribution in [0.2, 0.25) is 0 Å². The molecule has 1 atom stereocenters. The standard InChI is InChI=1S/C33H23F4N7O2S/c34-21-8-4-7-20-23(17-5-2-1-3-6-17)41-28(29(45)42-24(20)21)44-31-38-14-11-22(46-31)25-26(19-15-39-27(40-16-19)18-9-10-18)47-30(43-25)32(12-13-32)33(35,36)37/h1-8,14-16,18,28H,9-10,12-13H2,(H,38,44)(H,42,45)/t28-/m1/s1. The van der Waals surface area contributed by atoms with E-state index in [1.54, 1.807) is 42.7 Å². The topological polar surface area (TPSA) is 114 Å². The van der Waals surface area contributed by atoms with Crippen molar-refractivity contribution in [2.45, 2.75) is 49.4 Å². The number of ether oxygens (including phenoxy) is 1. The van der Waals surface area contributed by atoms with Crippen LogP contribution in [0.25, 0.3) is 16.2 Å². The number of amidine groups is 1. The van der Waals surface area contributed by atoms with Crippen molar-refractivity contribution in [2.24, 2.45) is 9.98 Å². The van der Waals surface area contributed by atoms with Gasteiger partial charge in [-0.25, -0.2) is 24.3 Å². The van der Waals surface area contributed by atoms with E-state index in [0.717, 1.165) is 24.2 Å². The lowest BCUT2D eigenvalue weighted by atomic mass is 10.0. The molecule has 2 aliphatic heterocycles. The lowest BCUT2D eigenvalue weighted by molar-refractivity contribution is -0.160. The summed E-state index contributed by atoms with van der Waals surface area (Å²) in [7, 11) is 0. The van der Waals surface area contributed by atoms with Gasteiger partial charge in [0, 0.05) is 35.0 Å². The molecule has 2 N–H and O–H groups in total. The van der Waals surface area contributed by atoms with Crippen LogP contribution in [0.1, 0.15) is 59.3 Å². The summed E-state index contributed by atoms with van der Waals surface area (Å²) in [5.41, 5.74) is 2.74. The number of aromatic nitrogens is 3. The molecule has 8 rings (SSSR count). The van der Waals surface area contributed by atoms with Gasteiger partial charge in [-0.05, 0) is 31.7 Å². The van der Waals surface area contributed by atoms with E-state index < -0.39 is 29.5 Å². The Morgan fingerprint density at radius 1 is 1.02 bits per heavy atom. The third-order valence-corrected chi connectivity index (χ3v) is 9.62. The lowest BCUT2D eigenvalue weighted by Gasteiger charge is -2.16. The number of benzodiazepines with no additional fused rings is 1. The number of carbonyl (C=O) groups excluding carboxylic acids is 1. The van der Waals surface area contributed by atoms with Gasteiger partial charge in [0.1, 0.15) is 27.8 Å². The predicted octanol–water partition coefficient (Wildman–Crippen LogP) is 6.46. The molecule has 2 fully saturated rings. The van der Waals surface area contributed by atoms with Crippen LogP contribution >= 0.6 is 11.3 Å². The Morgan fingerprint density at radius 3 is 2.49 bits per heavy atom. The minimum atomic E-state index is -4.48. The summed E-state index contributed by atoms with van der Waals surface area (Å²) < 4.78 is 63.4. The maximum Gasteiger partial charge on any atom is 0.400 e. The minimum Gasteiger partial charge on any atom is -0.415 e. The number of nitrogens with one attached hydrogen (secondary N) is 2. The zero-order valence-corrected chi connectivity index (χ0v) is 25.1. The van der Waals surface area contributed by atoms with Crippen molar-refractivity contribution in [3.8, 4) is 10.4 Å². The molecule has 2 aromatic heterocycles. The molecule has 4 aromatic rings. The Kier molecular flexibility index (Phi) is 6.81. The molecule has 2 aromatic carbocycles. The molecule has 4 heterocycles. The van der Waals surface area contributed by atoms with Gasteiger partial charge in [0.25, 0.3) is 11.9 Å². The van der Waals surface area contributed by atoms with Crippen LogP contribution in [0.5, 0.6) is 0 Å². The number of para-hydroxylation sites is 1. The fourth-order valence-corrected chi connectivity index (χ4v) is 6.74. The Hall–Kier alpha value is -5.20. The third-order valence-electron chi connectivity index (χ3n) is 8.31. The fourth-order valence-electron chi connectivity index (χ4n) is 5.44. The van der Waals surface area contributed by atoms with Gasteiger partial charge in [0.15, 0.2) is 0 Å². The number of nitrogens with zero attached hydrogens (tertiary/aromatic N) is 5. The Labute approximate surface area is 268 Å². The normalized spacial score (nSPS) is 20.7. The summed E-state index contributed by atoms with van der Waals surface area (Å²) in [5.74, 6) is -0.375. The van der Waals surface area contributed by atoms with E-state index >= 15 is 0 Å². The van der Waals surface area contributed by atoms with Gasteiger partial charge in [-0.15, -0.1) is 11.3 Å². The number of benzene rings is 2. The van der Waals surface area contributed by atoms with E-state index in [4.69, 9.17) is 4.74 Å². The van der Waals surface area contributed by atoms with Crippen molar-refractivity contribution in [1.29, 1.82) is 0 Å². The molecule has 1 amide bonds. The molecule has 2 aliphatic carbocycles. The first-order valence-corrected chi connectivity index (χ1v) is 15.6. The second kappa shape index (κ2) is 11.0. The van der Waals surface area contributed by atoms with Crippen molar-refractivity contribution in [1.82, 2.24) is 20.3 Å². The van der Waals surface area contributed by atoms with Gasteiger partial charge in [0.2, 0.25) is 11.9 Å². The third kappa shape index (κ3) is 5.29. The monoisotopic (exact) mass is 657 g/mol. The van der Waals surface area contributed by atoms with Gasteiger partial charge < -0.3 is 15.4 Å². The number of fused-ring (bicyclic) bond motifs is 1. The van der Waals surface area contributed by atoms with E-state index in [-0.39, 0.29) is 41.0 Å². The molecule has 0 radical (unpaired) electrons. The van der Waals surface area contributed by atoms with E-state index in [1.807, 2.05) is 6.07 Å². The molecular weight excluding hydrogens is 634 g/mol. The first-order valence-electron chi connectivity index (χ1n) is 14.8. The number of rotatable bonds is 6. The molecule has 236 valence electrons. The molecule has 9 nitrogen and oxygen atoms in total. The Morgan fingerprint density at radius 2 is 1.79 bits per heavy atom. The summed E-state index contributed by atoms with van der Waals surface area (Å²) in [5, 5.41) is 5.26. The average Bonchev–Trinajstić information content (AvgIpc) is 4.01. The van der Waals surface area contributed by atoms with Crippen molar-refractivity contribution in [3.63, 3.8) is 0 Å². The number of aliphatic imine (C=N–C) groups is 2. The van der Waals surface area contributed by atoms with Crippen LogP contribution in [0.4, 0.5) is 23.2 Å². The van der Waals surface area contributed by atoms with E-state index in [9.17, 15) is 22.4 Å². The molecule has 0 spiro atoms. The second-order valence-corrected chi connectivity index (χ2v) is 12.5. The smallest absolute Gasteiger partial charge is 0.400 e. The number of alkyl halides is 3. The van der Waals surface area contributed by atoms with Crippen molar-refractivity contribution in [2.75, 3.05) is 5.32 Å². The highest BCUT2D eigenvalue weighted by atomic mass is 32.1. The highest BCUT2D eigenvalue weighted by Gasteiger charge is 2.66. The fraction of sp³-hybridized carbons (Fsp3) is 0.242. The van der Waals surface area contributed by atoms with E-state index in [1.165, 1.54) is 18.3 Å². The van der Waals surface area contributed by atoms with Crippen molar-refractivity contribution >= 4 is 40.4 Å². The molecule has 2 saturated carbocycles. The number of hydrogen-bond donors (Lipinski definition) is 2. The number of hydrogen-bond acceptors (Lipinski definition) is 8. The predicted molar refractivity (Wildman–Crippen MR) is 166 cm³/mol. The maximum atomic E-state index is 14.9. The first-order chi connectivity index (χ1) is 22.7. The first kappa shape index (κ1) is 29.2. The SMILES string of the molecule is O=C1Nc2c(F)cccc2C(c2ccccc2)=N[C@@H]1/N=C1\NC=C=C(c2nc(C3(C(F)(F)F)CC3)sc2-c2cnc(C3CC3)nc2)O1. The molecule has 0 saturated heterocycles. The number of carbonyl (C=O) groups is 1. The number of anilines is 1. The summed E-state index contributed by atoms with van der Waals surface area (Å²) >= 11 is 0.917. The summed E-state index contributed by atoms with van der Waals surface area (Å²) in [4.78, 5) is 36.0. The lowest BCUT2D eigenvalue weighted by Crippen LogP contribution is -2.30. The number of thiazole rings is 1. The molecule has 0 bridgehead atoms. The van der Waals surface area contributed by atoms with Crippen LogP contribution in [0.15, 0.2) is 82.8 Å². The number of halogens is 4. The highest BCUT2D eigenvalue weighted by molar-refractivity contribution is 7.15. The van der Waals surface area contributed by atoms with Crippen LogP contribution < -0.4 is 10.6 Å². The molecular formula is C33H23F4N7O2S. The average molecular weight is 658 g/mol. The molecule has 0 unspecified atom stereocenters. The molecule has 4 aliphatic rings. The van der Waals surface area contributed by atoms with Crippen LogP contribution in [0, 0.1) is 5.82 Å². The van der Waals surface area contributed by atoms with E-state index in [2.05, 4.69) is 41.3 Å². The minimum absolute atomic E-state index is 0.0140. The van der Waals surface area contributed by atoms with Gasteiger partial charge >= 0.3 is 6.18 Å². The Balaban J connectivity index is 1.16.